The fraction of sp³-hybridized carbons (Fsp3) is 0.941. The molecule has 0 saturated carbocycles. The van der Waals surface area contributed by atoms with Crippen LogP contribution >= 0.6 is 11.8 Å². The normalized spacial score (nSPS) is 23.8. The van der Waals surface area contributed by atoms with Crippen molar-refractivity contribution >= 4 is 17.9 Å². The minimum Gasteiger partial charge on any atom is -0.444 e. The van der Waals surface area contributed by atoms with Gasteiger partial charge in [0, 0.05) is 31.4 Å². The average molecular weight is 345 g/mol. The van der Waals surface area contributed by atoms with Crippen LogP contribution in [0.3, 0.4) is 0 Å². The number of likely N-dealkylation sites (tertiary alicyclic amines) is 1. The van der Waals surface area contributed by atoms with E-state index in [0.29, 0.717) is 6.04 Å². The smallest absolute Gasteiger partial charge is 0.410 e. The fourth-order valence-electron chi connectivity index (χ4n) is 2.92. The summed E-state index contributed by atoms with van der Waals surface area (Å²) in [4.78, 5) is 13.8. The summed E-state index contributed by atoms with van der Waals surface area (Å²) in [5, 5.41) is 3.58. The molecule has 2 fully saturated rings. The Kier molecular flexibility index (Phi) is 7.50. The van der Waals surface area contributed by atoms with Crippen molar-refractivity contribution in [2.45, 2.75) is 64.2 Å². The maximum absolute atomic E-state index is 12.0. The van der Waals surface area contributed by atoms with Crippen molar-refractivity contribution in [1.29, 1.82) is 0 Å². The molecule has 0 aromatic rings. The van der Waals surface area contributed by atoms with Gasteiger partial charge in [-0.05, 0) is 52.2 Å². The highest BCUT2D eigenvalue weighted by molar-refractivity contribution is 7.99. The molecule has 6 heteroatoms. The van der Waals surface area contributed by atoms with Crippen LogP contribution in [0.1, 0.15) is 46.5 Å². The zero-order chi connectivity index (χ0) is 16.7. The van der Waals surface area contributed by atoms with Crippen LogP contribution in [-0.4, -0.2) is 66.5 Å². The number of nitrogens with one attached hydrogen (secondary N) is 1. The lowest BCUT2D eigenvalue weighted by molar-refractivity contribution is -0.0107. The largest absolute Gasteiger partial charge is 0.444 e. The van der Waals surface area contributed by atoms with Crippen molar-refractivity contribution in [3.05, 3.63) is 0 Å². The van der Waals surface area contributed by atoms with E-state index >= 15 is 0 Å². The molecular weight excluding hydrogens is 312 g/mol. The summed E-state index contributed by atoms with van der Waals surface area (Å²) in [5.41, 5.74) is -0.423. The molecule has 0 aliphatic carbocycles. The highest BCUT2D eigenvalue weighted by Gasteiger charge is 2.27. The first kappa shape index (κ1) is 18.9. The van der Waals surface area contributed by atoms with Gasteiger partial charge in [0.25, 0.3) is 0 Å². The number of rotatable bonds is 5. The van der Waals surface area contributed by atoms with E-state index in [1.807, 2.05) is 32.5 Å². The standard InChI is InChI=1S/C17H32N2O3S/c1-17(2,3)22-16(20)19-9-6-15(7-10-19)21-11-8-18-14-5-4-12-23-13-14/h14-15,18H,4-13H2,1-3H3. The van der Waals surface area contributed by atoms with E-state index in [2.05, 4.69) is 5.32 Å². The molecule has 2 saturated heterocycles. The molecule has 23 heavy (non-hydrogen) atoms. The van der Waals surface area contributed by atoms with Gasteiger partial charge in [0.05, 0.1) is 12.7 Å². The second-order valence-corrected chi connectivity index (χ2v) is 8.56. The Hall–Kier alpha value is -0.460. The molecule has 1 N–H and O–H groups in total. The Morgan fingerprint density at radius 2 is 2.00 bits per heavy atom. The second-order valence-electron chi connectivity index (χ2n) is 7.41. The van der Waals surface area contributed by atoms with Gasteiger partial charge in [0.2, 0.25) is 0 Å². The molecule has 2 aliphatic heterocycles. The van der Waals surface area contributed by atoms with Gasteiger partial charge < -0.3 is 19.7 Å². The molecule has 0 aromatic heterocycles. The Labute approximate surface area is 144 Å². The molecule has 0 bridgehead atoms. The van der Waals surface area contributed by atoms with Crippen molar-refractivity contribution in [3.8, 4) is 0 Å². The lowest BCUT2D eigenvalue weighted by atomic mass is 10.1. The van der Waals surface area contributed by atoms with Gasteiger partial charge in [0.15, 0.2) is 0 Å². The van der Waals surface area contributed by atoms with Gasteiger partial charge in [-0.1, -0.05) is 0 Å². The Bertz CT molecular complexity index is 359. The summed E-state index contributed by atoms with van der Waals surface area (Å²) < 4.78 is 11.4. The quantitative estimate of drug-likeness (QED) is 0.777. The number of nitrogens with zero attached hydrogens (tertiary/aromatic N) is 1. The summed E-state index contributed by atoms with van der Waals surface area (Å²) in [6, 6.07) is 0.659. The summed E-state index contributed by atoms with van der Waals surface area (Å²) >= 11 is 2.04. The van der Waals surface area contributed by atoms with Crippen LogP contribution in [0.5, 0.6) is 0 Å². The summed E-state index contributed by atoms with van der Waals surface area (Å²) in [6.45, 7) is 8.85. The predicted octanol–water partition coefficient (Wildman–Crippen LogP) is 2.89. The van der Waals surface area contributed by atoms with Gasteiger partial charge in [0.1, 0.15) is 5.60 Å². The summed E-state index contributed by atoms with van der Waals surface area (Å²) in [5.74, 6) is 2.54. The molecular formula is C17H32N2O3S. The molecule has 0 spiro atoms. The number of amides is 1. The van der Waals surface area contributed by atoms with Crippen LogP contribution in [0.4, 0.5) is 4.79 Å². The van der Waals surface area contributed by atoms with Gasteiger partial charge in [-0.2, -0.15) is 11.8 Å². The number of ether oxygens (including phenoxy) is 2. The lowest BCUT2D eigenvalue weighted by Gasteiger charge is -2.33. The van der Waals surface area contributed by atoms with E-state index in [4.69, 9.17) is 9.47 Å². The molecule has 2 aliphatic rings. The van der Waals surface area contributed by atoms with Gasteiger partial charge in [-0.25, -0.2) is 4.79 Å². The SMILES string of the molecule is CC(C)(C)OC(=O)N1CCC(OCCNC2CCCSC2)CC1. The number of hydrogen-bond donors (Lipinski definition) is 1. The molecule has 0 aromatic carbocycles. The number of thioether (sulfide) groups is 1. The molecule has 1 amide bonds. The van der Waals surface area contributed by atoms with Gasteiger partial charge in [-0.3, -0.25) is 0 Å². The minimum absolute atomic E-state index is 0.201. The third-order valence-electron chi connectivity index (χ3n) is 4.14. The molecule has 1 atom stereocenters. The van der Waals surface area contributed by atoms with E-state index in [0.717, 1.165) is 39.1 Å². The second kappa shape index (κ2) is 9.14. The van der Waals surface area contributed by atoms with Crippen molar-refractivity contribution in [2.75, 3.05) is 37.7 Å². The van der Waals surface area contributed by atoms with E-state index in [1.54, 1.807) is 4.90 Å². The first-order valence-corrected chi connectivity index (χ1v) is 10.0. The van der Waals surface area contributed by atoms with Crippen molar-refractivity contribution in [1.82, 2.24) is 10.2 Å². The third kappa shape index (κ3) is 7.31. The van der Waals surface area contributed by atoms with Crippen LogP contribution in [-0.2, 0) is 9.47 Å². The first-order chi connectivity index (χ1) is 10.9. The van der Waals surface area contributed by atoms with E-state index in [9.17, 15) is 4.79 Å². The number of carbonyl (C=O) groups excluding carboxylic acids is 1. The molecule has 2 rings (SSSR count). The highest BCUT2D eigenvalue weighted by Crippen LogP contribution is 2.18. The Morgan fingerprint density at radius 3 is 2.61 bits per heavy atom. The van der Waals surface area contributed by atoms with Crippen LogP contribution < -0.4 is 5.32 Å². The predicted molar refractivity (Wildman–Crippen MR) is 95.1 cm³/mol. The minimum atomic E-state index is -0.423. The maximum atomic E-state index is 12.0. The number of piperidine rings is 1. The Balaban J connectivity index is 1.55. The fourth-order valence-corrected chi connectivity index (χ4v) is 4.03. The monoisotopic (exact) mass is 344 g/mol. The third-order valence-corrected chi connectivity index (χ3v) is 5.36. The first-order valence-electron chi connectivity index (χ1n) is 8.85. The van der Waals surface area contributed by atoms with Gasteiger partial charge >= 0.3 is 6.09 Å². The average Bonchev–Trinajstić information content (AvgIpc) is 2.51. The number of carbonyl (C=O) groups is 1. The highest BCUT2D eigenvalue weighted by atomic mass is 32.2. The van der Waals surface area contributed by atoms with Gasteiger partial charge in [-0.15, -0.1) is 0 Å². The lowest BCUT2D eigenvalue weighted by Crippen LogP contribution is -2.44. The van der Waals surface area contributed by atoms with Crippen LogP contribution in [0.15, 0.2) is 0 Å². The summed E-state index contributed by atoms with van der Waals surface area (Å²) in [7, 11) is 0. The zero-order valence-electron chi connectivity index (χ0n) is 14.8. The van der Waals surface area contributed by atoms with Crippen molar-refractivity contribution in [3.63, 3.8) is 0 Å². The molecule has 0 radical (unpaired) electrons. The van der Waals surface area contributed by atoms with E-state index in [-0.39, 0.29) is 12.2 Å². The molecule has 5 nitrogen and oxygen atoms in total. The molecule has 1 unspecified atom stereocenters. The van der Waals surface area contributed by atoms with Crippen LogP contribution in [0, 0.1) is 0 Å². The zero-order valence-corrected chi connectivity index (χ0v) is 15.6. The van der Waals surface area contributed by atoms with Crippen molar-refractivity contribution < 1.29 is 14.3 Å². The maximum Gasteiger partial charge on any atom is 0.410 e. The Morgan fingerprint density at radius 1 is 1.26 bits per heavy atom. The van der Waals surface area contributed by atoms with E-state index in [1.165, 1.54) is 24.3 Å². The number of hydrogen-bond acceptors (Lipinski definition) is 5. The topological polar surface area (TPSA) is 50.8 Å². The summed E-state index contributed by atoms with van der Waals surface area (Å²) in [6.07, 6.45) is 4.49. The van der Waals surface area contributed by atoms with E-state index < -0.39 is 5.60 Å². The molecule has 134 valence electrons. The van der Waals surface area contributed by atoms with Crippen LogP contribution in [0.2, 0.25) is 0 Å². The van der Waals surface area contributed by atoms with Crippen LogP contribution in [0.25, 0.3) is 0 Å². The molecule has 2 heterocycles. The van der Waals surface area contributed by atoms with Crippen molar-refractivity contribution in [2.24, 2.45) is 0 Å².